The first kappa shape index (κ1) is 21.9. The van der Waals surface area contributed by atoms with Crippen molar-refractivity contribution in [3.8, 4) is 0 Å². The molecule has 0 saturated carbocycles. The summed E-state index contributed by atoms with van der Waals surface area (Å²) in [6, 6.07) is 15.9. The quantitative estimate of drug-likeness (QED) is 0.655. The molecule has 0 radical (unpaired) electrons. The minimum Gasteiger partial charge on any atom is -0.335 e. The number of rotatable bonds is 7. The van der Waals surface area contributed by atoms with Crippen molar-refractivity contribution in [1.29, 1.82) is 0 Å². The van der Waals surface area contributed by atoms with Gasteiger partial charge in [0.25, 0.3) is 0 Å². The van der Waals surface area contributed by atoms with Gasteiger partial charge in [0.1, 0.15) is 0 Å². The third-order valence-corrected chi connectivity index (χ3v) is 5.68. The summed E-state index contributed by atoms with van der Waals surface area (Å²) in [7, 11) is -3.66. The SMILES string of the molecule is C[C@H](CCc1ccccc1)NC(=O)Nc1cccc(S(=O)(=O)NC(C)(C)C)c1. The lowest BCUT2D eigenvalue weighted by Gasteiger charge is -2.20. The second-order valence-electron chi connectivity index (χ2n) is 7.91. The van der Waals surface area contributed by atoms with Crippen LogP contribution in [0.25, 0.3) is 0 Å². The molecular formula is C21H29N3O3S. The number of anilines is 1. The molecule has 0 unspecified atom stereocenters. The van der Waals surface area contributed by atoms with Crippen LogP contribution in [0.15, 0.2) is 59.5 Å². The average Bonchev–Trinajstić information content (AvgIpc) is 2.59. The minimum atomic E-state index is -3.66. The summed E-state index contributed by atoms with van der Waals surface area (Å²) >= 11 is 0. The van der Waals surface area contributed by atoms with Gasteiger partial charge in [0, 0.05) is 17.3 Å². The topological polar surface area (TPSA) is 87.3 Å². The Kier molecular flexibility index (Phi) is 7.21. The molecule has 2 amide bonds. The van der Waals surface area contributed by atoms with Crippen molar-refractivity contribution in [2.24, 2.45) is 0 Å². The maximum absolute atomic E-state index is 12.4. The zero-order valence-corrected chi connectivity index (χ0v) is 17.6. The Labute approximate surface area is 167 Å². The molecule has 6 nitrogen and oxygen atoms in total. The van der Waals surface area contributed by atoms with E-state index in [1.165, 1.54) is 17.7 Å². The largest absolute Gasteiger partial charge is 0.335 e. The van der Waals surface area contributed by atoms with E-state index in [0.717, 1.165) is 12.8 Å². The van der Waals surface area contributed by atoms with Gasteiger partial charge in [-0.05, 0) is 64.3 Å². The zero-order chi connectivity index (χ0) is 20.8. The van der Waals surface area contributed by atoms with E-state index in [2.05, 4.69) is 27.5 Å². The molecule has 2 aromatic carbocycles. The number of carbonyl (C=O) groups excluding carboxylic acids is 1. The molecule has 2 aromatic rings. The molecular weight excluding hydrogens is 374 g/mol. The van der Waals surface area contributed by atoms with Gasteiger partial charge < -0.3 is 10.6 Å². The van der Waals surface area contributed by atoms with E-state index in [0.29, 0.717) is 5.69 Å². The maximum atomic E-state index is 12.4. The molecule has 0 fully saturated rings. The highest BCUT2D eigenvalue weighted by Crippen LogP contribution is 2.17. The minimum absolute atomic E-state index is 0.0188. The highest BCUT2D eigenvalue weighted by molar-refractivity contribution is 7.89. The molecule has 0 aromatic heterocycles. The summed E-state index contributed by atoms with van der Waals surface area (Å²) in [5, 5.41) is 5.58. The monoisotopic (exact) mass is 403 g/mol. The van der Waals surface area contributed by atoms with E-state index in [1.807, 2.05) is 25.1 Å². The van der Waals surface area contributed by atoms with Crippen LogP contribution in [0.4, 0.5) is 10.5 Å². The molecule has 0 aliphatic carbocycles. The fraction of sp³-hybridized carbons (Fsp3) is 0.381. The van der Waals surface area contributed by atoms with Gasteiger partial charge >= 0.3 is 6.03 Å². The third kappa shape index (κ3) is 7.32. The number of urea groups is 1. The van der Waals surface area contributed by atoms with E-state index in [1.54, 1.807) is 32.9 Å². The summed E-state index contributed by atoms with van der Waals surface area (Å²) in [6.45, 7) is 7.27. The normalized spacial score (nSPS) is 13.0. The Morgan fingerprint density at radius 2 is 1.71 bits per heavy atom. The second-order valence-corrected chi connectivity index (χ2v) is 9.59. The lowest BCUT2D eigenvalue weighted by atomic mass is 10.1. The Bertz CT molecular complexity index is 891. The predicted molar refractivity (Wildman–Crippen MR) is 113 cm³/mol. The Hall–Kier alpha value is -2.38. The highest BCUT2D eigenvalue weighted by Gasteiger charge is 2.22. The van der Waals surface area contributed by atoms with Gasteiger partial charge in [-0.1, -0.05) is 36.4 Å². The van der Waals surface area contributed by atoms with Gasteiger partial charge in [-0.3, -0.25) is 0 Å². The Morgan fingerprint density at radius 3 is 2.36 bits per heavy atom. The molecule has 3 N–H and O–H groups in total. The molecule has 28 heavy (non-hydrogen) atoms. The van der Waals surface area contributed by atoms with E-state index in [4.69, 9.17) is 0 Å². The zero-order valence-electron chi connectivity index (χ0n) is 16.8. The van der Waals surface area contributed by atoms with Gasteiger partial charge in [-0.25, -0.2) is 17.9 Å². The van der Waals surface area contributed by atoms with Crippen LogP contribution >= 0.6 is 0 Å². The molecule has 0 bridgehead atoms. The summed E-state index contributed by atoms with van der Waals surface area (Å²) in [4.78, 5) is 12.3. The van der Waals surface area contributed by atoms with E-state index < -0.39 is 15.6 Å². The van der Waals surface area contributed by atoms with Gasteiger partial charge in [-0.15, -0.1) is 0 Å². The molecule has 0 heterocycles. The number of nitrogens with one attached hydrogen (secondary N) is 3. The molecule has 152 valence electrons. The molecule has 7 heteroatoms. The van der Waals surface area contributed by atoms with E-state index in [9.17, 15) is 13.2 Å². The van der Waals surface area contributed by atoms with E-state index in [-0.39, 0.29) is 17.0 Å². The second kappa shape index (κ2) is 9.21. The fourth-order valence-electron chi connectivity index (χ4n) is 2.69. The first-order chi connectivity index (χ1) is 13.0. The highest BCUT2D eigenvalue weighted by atomic mass is 32.2. The fourth-order valence-corrected chi connectivity index (χ4v) is 4.16. The van der Waals surface area contributed by atoms with Crippen LogP contribution in [-0.2, 0) is 16.4 Å². The number of amides is 2. The summed E-state index contributed by atoms with van der Waals surface area (Å²) in [5.41, 5.74) is 1.05. The van der Waals surface area contributed by atoms with Crippen molar-refractivity contribution >= 4 is 21.7 Å². The van der Waals surface area contributed by atoms with Gasteiger partial charge in [0.2, 0.25) is 10.0 Å². The number of benzene rings is 2. The first-order valence-corrected chi connectivity index (χ1v) is 10.8. The number of aryl methyl sites for hydroxylation is 1. The standard InChI is InChI=1S/C21H29N3O3S/c1-16(13-14-17-9-6-5-7-10-17)22-20(25)23-18-11-8-12-19(15-18)28(26,27)24-21(2,3)4/h5-12,15-16,24H,13-14H2,1-4H3,(H2,22,23,25)/t16-/m1/s1. The lowest BCUT2D eigenvalue weighted by molar-refractivity contribution is 0.248. The van der Waals surface area contributed by atoms with Crippen LogP contribution in [0, 0.1) is 0 Å². The Morgan fingerprint density at radius 1 is 1.04 bits per heavy atom. The van der Waals surface area contributed by atoms with Gasteiger partial charge in [-0.2, -0.15) is 0 Å². The molecule has 0 spiro atoms. The van der Waals surface area contributed by atoms with Crippen molar-refractivity contribution in [2.75, 3.05) is 5.32 Å². The number of carbonyl (C=O) groups is 1. The van der Waals surface area contributed by atoms with Crippen molar-refractivity contribution in [3.63, 3.8) is 0 Å². The maximum Gasteiger partial charge on any atom is 0.319 e. The molecule has 2 rings (SSSR count). The van der Waals surface area contributed by atoms with Crippen LogP contribution in [0.1, 0.15) is 39.7 Å². The molecule has 1 atom stereocenters. The van der Waals surface area contributed by atoms with Crippen molar-refractivity contribution in [3.05, 3.63) is 60.2 Å². The van der Waals surface area contributed by atoms with Crippen LogP contribution in [-0.4, -0.2) is 26.0 Å². The smallest absolute Gasteiger partial charge is 0.319 e. The summed E-state index contributed by atoms with van der Waals surface area (Å²) < 4.78 is 27.5. The molecule has 0 aliphatic rings. The number of sulfonamides is 1. The number of hydrogen-bond donors (Lipinski definition) is 3. The van der Waals surface area contributed by atoms with Gasteiger partial charge in [0.15, 0.2) is 0 Å². The van der Waals surface area contributed by atoms with Crippen molar-refractivity contribution in [1.82, 2.24) is 10.0 Å². The van der Waals surface area contributed by atoms with Crippen LogP contribution in [0.2, 0.25) is 0 Å². The Balaban J connectivity index is 1.93. The number of hydrogen-bond acceptors (Lipinski definition) is 3. The van der Waals surface area contributed by atoms with Crippen molar-refractivity contribution in [2.45, 2.75) is 57.0 Å². The lowest BCUT2D eigenvalue weighted by Crippen LogP contribution is -2.40. The summed E-state index contributed by atoms with van der Waals surface area (Å²) in [6.07, 6.45) is 1.68. The molecule has 0 aliphatic heterocycles. The van der Waals surface area contributed by atoms with E-state index >= 15 is 0 Å². The third-order valence-electron chi connectivity index (χ3n) is 3.93. The van der Waals surface area contributed by atoms with Crippen LogP contribution in [0.3, 0.4) is 0 Å². The summed E-state index contributed by atoms with van der Waals surface area (Å²) in [5.74, 6) is 0. The average molecular weight is 404 g/mol. The first-order valence-electron chi connectivity index (χ1n) is 9.31. The van der Waals surface area contributed by atoms with Gasteiger partial charge in [0.05, 0.1) is 4.90 Å². The van der Waals surface area contributed by atoms with Crippen LogP contribution in [0.5, 0.6) is 0 Å². The molecule has 0 saturated heterocycles. The van der Waals surface area contributed by atoms with Crippen molar-refractivity contribution < 1.29 is 13.2 Å². The predicted octanol–water partition coefficient (Wildman–Crippen LogP) is 3.91. The van der Waals surface area contributed by atoms with Crippen LogP contribution < -0.4 is 15.4 Å².